The van der Waals surface area contributed by atoms with Crippen molar-refractivity contribution in [1.29, 1.82) is 5.26 Å². The third-order valence-corrected chi connectivity index (χ3v) is 4.59. The number of nitriles is 1. The van der Waals surface area contributed by atoms with Gasteiger partial charge in [-0.25, -0.2) is 0 Å². The number of benzene rings is 1. The molecule has 0 spiro atoms. The zero-order chi connectivity index (χ0) is 18.8. The molecule has 0 bridgehead atoms. The second kappa shape index (κ2) is 7.32. The van der Waals surface area contributed by atoms with Crippen LogP contribution in [-0.2, 0) is 4.79 Å². The summed E-state index contributed by atoms with van der Waals surface area (Å²) in [5, 5.41) is 12.5. The lowest BCUT2D eigenvalue weighted by Gasteiger charge is -2.29. The van der Waals surface area contributed by atoms with E-state index in [0.717, 1.165) is 12.8 Å². The van der Waals surface area contributed by atoms with E-state index in [1.165, 1.54) is 12.1 Å². The van der Waals surface area contributed by atoms with E-state index in [4.69, 9.17) is 17.3 Å². The fourth-order valence-electron chi connectivity index (χ4n) is 3.18. The number of carbonyl (C=O) groups is 2. The van der Waals surface area contributed by atoms with E-state index < -0.39 is 11.9 Å². The van der Waals surface area contributed by atoms with Crippen LogP contribution in [0.5, 0.6) is 0 Å². The van der Waals surface area contributed by atoms with Crippen LogP contribution < -0.4 is 11.1 Å². The Bertz CT molecular complexity index is 721. The van der Waals surface area contributed by atoms with Gasteiger partial charge < -0.3 is 11.1 Å². The molecule has 2 atom stereocenters. The summed E-state index contributed by atoms with van der Waals surface area (Å²) in [6.07, 6.45) is 4.44. The van der Waals surface area contributed by atoms with Gasteiger partial charge in [-0.15, -0.1) is 0 Å². The van der Waals surface area contributed by atoms with Crippen LogP contribution in [0.3, 0.4) is 0 Å². The molecule has 7 heteroatoms. The highest BCUT2D eigenvalue weighted by Crippen LogP contribution is 2.33. The summed E-state index contributed by atoms with van der Waals surface area (Å²) < 4.78 is 0. The van der Waals surface area contributed by atoms with Gasteiger partial charge in [0.05, 0.1) is 10.7 Å². The lowest BCUT2D eigenvalue weighted by molar-refractivity contribution is -0.119. The van der Waals surface area contributed by atoms with E-state index in [-0.39, 0.29) is 28.0 Å². The molecule has 1 aliphatic rings. The summed E-state index contributed by atoms with van der Waals surface area (Å²) in [5.74, 6) is -0.858. The molecular weight excluding hydrogens is 340 g/mol. The highest BCUT2D eigenvalue weighted by molar-refractivity contribution is 6.34. The number of carbonyl (C=O) groups excluding carboxylic acids is 2. The molecule has 1 saturated heterocycles. The Labute approximate surface area is 152 Å². The Hall–Kier alpha value is -2.26. The lowest BCUT2D eigenvalue weighted by atomic mass is 9.87. The molecule has 2 unspecified atom stereocenters. The number of hydrogen-bond acceptors (Lipinski definition) is 4. The maximum absolute atomic E-state index is 12.6. The van der Waals surface area contributed by atoms with Gasteiger partial charge in [-0.3, -0.25) is 14.5 Å². The smallest absolute Gasteiger partial charge is 0.248 e. The van der Waals surface area contributed by atoms with Crippen molar-refractivity contribution in [2.45, 2.75) is 52.1 Å². The van der Waals surface area contributed by atoms with Gasteiger partial charge in [0.1, 0.15) is 6.04 Å². The zero-order valence-electron chi connectivity index (χ0n) is 14.7. The van der Waals surface area contributed by atoms with Crippen molar-refractivity contribution in [1.82, 2.24) is 4.90 Å². The minimum absolute atomic E-state index is 0.0634. The number of halogens is 1. The summed E-state index contributed by atoms with van der Waals surface area (Å²) in [5.41, 5.74) is 5.96. The molecule has 0 radical (unpaired) electrons. The standard InChI is InChI=1S/C18H23ClN4O2/c1-18(2,3)9-12-5-7-15(23(12)10-20)17(25)22-14-6-4-11(16(21)24)8-13(14)19/h4,6,8,12,15H,5,7,9H2,1-3H3,(H2,21,24)(H,22,25). The number of nitrogens with two attached hydrogens (primary N) is 1. The summed E-state index contributed by atoms with van der Waals surface area (Å²) in [6.45, 7) is 6.36. The minimum Gasteiger partial charge on any atom is -0.366 e. The largest absolute Gasteiger partial charge is 0.366 e. The maximum atomic E-state index is 12.6. The number of rotatable bonds is 4. The lowest BCUT2D eigenvalue weighted by Crippen LogP contribution is -2.41. The number of nitrogens with zero attached hydrogens (tertiary/aromatic N) is 2. The molecule has 0 saturated carbocycles. The van der Waals surface area contributed by atoms with Gasteiger partial charge in [-0.1, -0.05) is 32.4 Å². The second-order valence-corrected chi connectivity index (χ2v) is 7.97. The van der Waals surface area contributed by atoms with Gasteiger partial charge >= 0.3 is 0 Å². The van der Waals surface area contributed by atoms with Gasteiger partial charge in [0.2, 0.25) is 11.8 Å². The van der Waals surface area contributed by atoms with Crippen LogP contribution in [0.15, 0.2) is 18.2 Å². The van der Waals surface area contributed by atoms with Crippen molar-refractivity contribution in [2.24, 2.45) is 11.1 Å². The third-order valence-electron chi connectivity index (χ3n) is 4.28. The molecule has 25 heavy (non-hydrogen) atoms. The fourth-order valence-corrected chi connectivity index (χ4v) is 3.41. The molecule has 1 aliphatic heterocycles. The zero-order valence-corrected chi connectivity index (χ0v) is 15.4. The topological polar surface area (TPSA) is 99.2 Å². The van der Waals surface area contributed by atoms with E-state index in [9.17, 15) is 14.9 Å². The molecular formula is C18H23ClN4O2. The Kier molecular flexibility index (Phi) is 5.58. The first-order valence-corrected chi connectivity index (χ1v) is 8.58. The second-order valence-electron chi connectivity index (χ2n) is 7.57. The molecule has 1 aromatic carbocycles. The van der Waals surface area contributed by atoms with E-state index in [2.05, 4.69) is 32.3 Å². The molecule has 2 rings (SSSR count). The van der Waals surface area contributed by atoms with Crippen LogP contribution in [0.1, 0.15) is 50.4 Å². The highest BCUT2D eigenvalue weighted by Gasteiger charge is 2.39. The Morgan fingerprint density at radius 1 is 1.40 bits per heavy atom. The number of hydrogen-bond donors (Lipinski definition) is 2. The third kappa shape index (κ3) is 4.64. The van der Waals surface area contributed by atoms with Crippen molar-refractivity contribution < 1.29 is 9.59 Å². The summed E-state index contributed by atoms with van der Waals surface area (Å²) in [7, 11) is 0. The molecule has 0 aliphatic carbocycles. The van der Waals surface area contributed by atoms with Crippen LogP contribution in [0, 0.1) is 16.9 Å². The predicted molar refractivity (Wildman–Crippen MR) is 96.9 cm³/mol. The molecule has 2 amide bonds. The maximum Gasteiger partial charge on any atom is 0.248 e. The fraction of sp³-hybridized carbons (Fsp3) is 0.500. The first-order chi connectivity index (χ1) is 11.6. The number of amides is 2. The summed E-state index contributed by atoms with van der Waals surface area (Å²) in [4.78, 5) is 25.4. The number of primary amides is 1. The molecule has 3 N–H and O–H groups in total. The Morgan fingerprint density at radius 3 is 2.60 bits per heavy atom. The summed E-state index contributed by atoms with van der Waals surface area (Å²) in [6, 6.07) is 4.01. The van der Waals surface area contributed by atoms with Gasteiger partial charge in [0.25, 0.3) is 0 Å². The number of anilines is 1. The van der Waals surface area contributed by atoms with Gasteiger partial charge in [-0.05, 0) is 42.9 Å². The first-order valence-electron chi connectivity index (χ1n) is 8.20. The van der Waals surface area contributed by atoms with E-state index in [1.54, 1.807) is 11.0 Å². The van der Waals surface area contributed by atoms with Crippen LogP contribution in [-0.4, -0.2) is 28.8 Å². The summed E-state index contributed by atoms with van der Waals surface area (Å²) >= 11 is 6.11. The Morgan fingerprint density at radius 2 is 2.08 bits per heavy atom. The molecule has 134 valence electrons. The van der Waals surface area contributed by atoms with Crippen LogP contribution in [0.4, 0.5) is 5.69 Å². The highest BCUT2D eigenvalue weighted by atomic mass is 35.5. The van der Waals surface area contributed by atoms with Crippen molar-refractivity contribution in [3.05, 3.63) is 28.8 Å². The van der Waals surface area contributed by atoms with Crippen LogP contribution in [0.2, 0.25) is 5.02 Å². The average molecular weight is 363 g/mol. The molecule has 6 nitrogen and oxygen atoms in total. The predicted octanol–water partition coefficient (Wildman–Crippen LogP) is 3.13. The van der Waals surface area contributed by atoms with Gasteiger partial charge in [-0.2, -0.15) is 5.26 Å². The van der Waals surface area contributed by atoms with Gasteiger partial charge in [0, 0.05) is 11.6 Å². The van der Waals surface area contributed by atoms with Crippen molar-refractivity contribution in [2.75, 3.05) is 5.32 Å². The quantitative estimate of drug-likeness (QED) is 0.803. The van der Waals surface area contributed by atoms with Crippen LogP contribution in [0.25, 0.3) is 0 Å². The van der Waals surface area contributed by atoms with Crippen molar-refractivity contribution in [3.8, 4) is 6.19 Å². The normalized spacial score (nSPS) is 20.2. The average Bonchev–Trinajstić information content (AvgIpc) is 2.89. The van der Waals surface area contributed by atoms with E-state index in [0.29, 0.717) is 12.1 Å². The van der Waals surface area contributed by atoms with Gasteiger partial charge in [0.15, 0.2) is 6.19 Å². The van der Waals surface area contributed by atoms with E-state index >= 15 is 0 Å². The Balaban J connectivity index is 2.11. The van der Waals surface area contributed by atoms with E-state index in [1.807, 2.05) is 0 Å². The van der Waals surface area contributed by atoms with Crippen molar-refractivity contribution in [3.63, 3.8) is 0 Å². The SMILES string of the molecule is CC(C)(C)CC1CCC(C(=O)Nc2ccc(C(N)=O)cc2Cl)N1C#N. The molecule has 1 aromatic rings. The number of nitrogens with one attached hydrogen (secondary N) is 1. The molecule has 1 heterocycles. The van der Waals surface area contributed by atoms with Crippen molar-refractivity contribution >= 4 is 29.1 Å². The first kappa shape index (κ1) is 19.1. The molecule has 1 fully saturated rings. The van der Waals surface area contributed by atoms with Crippen LogP contribution >= 0.6 is 11.6 Å². The molecule has 0 aromatic heterocycles. The minimum atomic E-state index is -0.587. The monoisotopic (exact) mass is 362 g/mol. The number of likely N-dealkylation sites (tertiary alicyclic amines) is 1.